The van der Waals surface area contributed by atoms with E-state index in [4.69, 9.17) is 5.11 Å². The van der Waals surface area contributed by atoms with Crippen molar-refractivity contribution in [3.05, 3.63) is 0 Å². The summed E-state index contributed by atoms with van der Waals surface area (Å²) in [5, 5.41) is 12.3. The van der Waals surface area contributed by atoms with Crippen molar-refractivity contribution < 1.29 is 14.6 Å². The summed E-state index contributed by atoms with van der Waals surface area (Å²) in [6, 6.07) is 0. The Balaban J connectivity index is 3.33. The predicted octanol–water partition coefficient (Wildman–Crippen LogP) is -0.105. The summed E-state index contributed by atoms with van der Waals surface area (Å²) >= 11 is 3.14. The number of ether oxygens (including phenoxy) is 1. The second-order valence-corrected chi connectivity index (χ2v) is 3.15. The molecule has 1 unspecified atom stereocenters. The summed E-state index contributed by atoms with van der Waals surface area (Å²) < 4.78 is 4.69. The van der Waals surface area contributed by atoms with E-state index in [9.17, 15) is 4.79 Å². The molecule has 0 radical (unpaired) electrons. The van der Waals surface area contributed by atoms with Gasteiger partial charge >= 0.3 is 0 Å². The largest absolute Gasteiger partial charge is 0.389 e. The van der Waals surface area contributed by atoms with Gasteiger partial charge in [0.25, 0.3) is 0 Å². The van der Waals surface area contributed by atoms with Crippen molar-refractivity contribution in [1.82, 2.24) is 5.32 Å². The third-order valence-electron chi connectivity index (χ3n) is 1.22. The smallest absolute Gasteiger partial charge is 0.220 e. The lowest BCUT2D eigenvalue weighted by atomic mass is 10.3. The van der Waals surface area contributed by atoms with E-state index in [1.165, 1.54) is 7.11 Å². The van der Waals surface area contributed by atoms with E-state index in [1.807, 2.05) is 0 Å². The number of carbonyl (C=O) groups excluding carboxylic acids is 1. The van der Waals surface area contributed by atoms with Crippen LogP contribution >= 0.6 is 15.9 Å². The average Bonchev–Trinajstić information content (AvgIpc) is 2.02. The maximum absolute atomic E-state index is 10.9. The molecule has 4 nitrogen and oxygen atoms in total. The van der Waals surface area contributed by atoms with Crippen LogP contribution in [0.15, 0.2) is 0 Å². The number of halogens is 1. The number of nitrogens with one attached hydrogen (secondary N) is 1. The molecule has 0 fully saturated rings. The van der Waals surface area contributed by atoms with Crippen molar-refractivity contribution in [1.29, 1.82) is 0 Å². The molecule has 0 aromatic heterocycles. The number of alkyl halides is 1. The lowest BCUT2D eigenvalue weighted by Crippen LogP contribution is -2.34. The SMILES string of the molecule is COCC(O)CNC(=O)CCBr. The Labute approximate surface area is 80.4 Å². The van der Waals surface area contributed by atoms with Gasteiger partial charge in [0.2, 0.25) is 5.91 Å². The fourth-order valence-corrected chi connectivity index (χ4v) is 1.02. The lowest BCUT2D eigenvalue weighted by Gasteiger charge is -2.09. The summed E-state index contributed by atoms with van der Waals surface area (Å²) in [7, 11) is 1.50. The standard InChI is InChI=1S/C7H14BrNO3/c1-12-5-6(10)4-9-7(11)2-3-8/h6,10H,2-5H2,1H3,(H,9,11). The normalized spacial score (nSPS) is 12.6. The Kier molecular flexibility index (Phi) is 7.43. The maximum atomic E-state index is 10.9. The maximum Gasteiger partial charge on any atom is 0.220 e. The fourth-order valence-electron chi connectivity index (χ4n) is 0.657. The van der Waals surface area contributed by atoms with Gasteiger partial charge in [0.05, 0.1) is 12.7 Å². The van der Waals surface area contributed by atoms with Crippen LogP contribution in [0.1, 0.15) is 6.42 Å². The van der Waals surface area contributed by atoms with Crippen molar-refractivity contribution >= 4 is 21.8 Å². The van der Waals surface area contributed by atoms with Crippen LogP contribution in [0.2, 0.25) is 0 Å². The summed E-state index contributed by atoms with van der Waals surface area (Å²) in [5.74, 6) is -0.0676. The van der Waals surface area contributed by atoms with Gasteiger partial charge in [-0.3, -0.25) is 4.79 Å². The average molecular weight is 240 g/mol. The highest BCUT2D eigenvalue weighted by atomic mass is 79.9. The zero-order valence-corrected chi connectivity index (χ0v) is 8.63. The van der Waals surface area contributed by atoms with E-state index in [1.54, 1.807) is 0 Å². The molecule has 0 aliphatic rings. The molecular formula is C7H14BrNO3. The fraction of sp³-hybridized carbons (Fsp3) is 0.857. The molecule has 5 heteroatoms. The van der Waals surface area contributed by atoms with Crippen LogP contribution in [0.3, 0.4) is 0 Å². The highest BCUT2D eigenvalue weighted by Crippen LogP contribution is 1.87. The predicted molar refractivity (Wildman–Crippen MR) is 49.3 cm³/mol. The highest BCUT2D eigenvalue weighted by Gasteiger charge is 2.05. The Hall–Kier alpha value is -0.130. The Morgan fingerprint density at radius 3 is 2.92 bits per heavy atom. The molecule has 0 aromatic carbocycles. The Morgan fingerprint density at radius 2 is 2.42 bits per heavy atom. The van der Waals surface area contributed by atoms with Crippen molar-refractivity contribution in [3.63, 3.8) is 0 Å². The summed E-state index contributed by atoms with van der Waals surface area (Å²) in [6.45, 7) is 0.494. The molecule has 12 heavy (non-hydrogen) atoms. The molecule has 0 heterocycles. The van der Waals surface area contributed by atoms with Crippen molar-refractivity contribution in [2.24, 2.45) is 0 Å². The molecule has 0 aliphatic carbocycles. The van der Waals surface area contributed by atoms with Crippen molar-refractivity contribution in [2.45, 2.75) is 12.5 Å². The van der Waals surface area contributed by atoms with E-state index < -0.39 is 6.10 Å². The molecule has 0 aromatic rings. The Morgan fingerprint density at radius 1 is 1.75 bits per heavy atom. The second kappa shape index (κ2) is 7.52. The summed E-state index contributed by atoms with van der Waals surface area (Å²) in [5.41, 5.74) is 0. The zero-order valence-electron chi connectivity index (χ0n) is 7.05. The first-order chi connectivity index (χ1) is 5.70. The molecule has 0 bridgehead atoms. The molecule has 0 spiro atoms. The van der Waals surface area contributed by atoms with Gasteiger partial charge in [-0.2, -0.15) is 0 Å². The Bertz CT molecular complexity index is 132. The van der Waals surface area contributed by atoms with E-state index in [2.05, 4.69) is 26.0 Å². The van der Waals surface area contributed by atoms with Crippen molar-refractivity contribution in [3.8, 4) is 0 Å². The molecule has 0 aliphatic heterocycles. The van der Waals surface area contributed by atoms with Gasteiger partial charge in [0.1, 0.15) is 0 Å². The van der Waals surface area contributed by atoms with E-state index >= 15 is 0 Å². The number of amides is 1. The van der Waals surface area contributed by atoms with Gasteiger partial charge in [-0.25, -0.2) is 0 Å². The van der Waals surface area contributed by atoms with Gasteiger partial charge in [0.15, 0.2) is 0 Å². The number of aliphatic hydroxyl groups excluding tert-OH is 1. The minimum atomic E-state index is -0.616. The van der Waals surface area contributed by atoms with Gasteiger partial charge < -0.3 is 15.2 Å². The van der Waals surface area contributed by atoms with Crippen LogP contribution < -0.4 is 5.32 Å². The van der Waals surface area contributed by atoms with Crippen LogP contribution in [-0.2, 0) is 9.53 Å². The first-order valence-corrected chi connectivity index (χ1v) is 4.82. The van der Waals surface area contributed by atoms with Crippen LogP contribution in [0.5, 0.6) is 0 Å². The first kappa shape index (κ1) is 11.9. The second-order valence-electron chi connectivity index (χ2n) is 2.35. The third-order valence-corrected chi connectivity index (χ3v) is 1.61. The monoisotopic (exact) mass is 239 g/mol. The molecular weight excluding hydrogens is 226 g/mol. The molecule has 0 saturated carbocycles. The molecule has 2 N–H and O–H groups in total. The number of hydrogen-bond donors (Lipinski definition) is 2. The van der Waals surface area contributed by atoms with E-state index in [0.29, 0.717) is 11.8 Å². The van der Waals surface area contributed by atoms with Gasteiger partial charge in [-0.05, 0) is 0 Å². The zero-order chi connectivity index (χ0) is 9.40. The minimum Gasteiger partial charge on any atom is -0.389 e. The number of carbonyl (C=O) groups is 1. The summed E-state index contributed by atoms with van der Waals surface area (Å²) in [6.07, 6.45) is -0.186. The molecule has 1 amide bonds. The van der Waals surface area contributed by atoms with Crippen LogP contribution in [-0.4, -0.2) is 42.7 Å². The van der Waals surface area contributed by atoms with E-state index in [0.717, 1.165) is 0 Å². The van der Waals surface area contributed by atoms with Crippen LogP contribution in [0.4, 0.5) is 0 Å². The first-order valence-electron chi connectivity index (χ1n) is 3.70. The van der Waals surface area contributed by atoms with Gasteiger partial charge in [-0.1, -0.05) is 15.9 Å². The van der Waals surface area contributed by atoms with Gasteiger partial charge in [-0.15, -0.1) is 0 Å². The van der Waals surface area contributed by atoms with Crippen molar-refractivity contribution in [2.75, 3.05) is 25.6 Å². The molecule has 0 saturated heterocycles. The minimum absolute atomic E-state index is 0.0676. The third kappa shape index (κ3) is 6.57. The number of methoxy groups -OCH3 is 1. The van der Waals surface area contributed by atoms with E-state index in [-0.39, 0.29) is 19.1 Å². The lowest BCUT2D eigenvalue weighted by molar-refractivity contribution is -0.121. The molecule has 1 atom stereocenters. The number of hydrogen-bond acceptors (Lipinski definition) is 3. The summed E-state index contributed by atoms with van der Waals surface area (Å²) in [4.78, 5) is 10.9. The van der Waals surface area contributed by atoms with Gasteiger partial charge in [0, 0.05) is 25.4 Å². The quantitative estimate of drug-likeness (QED) is 0.637. The number of aliphatic hydroxyl groups is 1. The molecule has 72 valence electrons. The molecule has 0 rings (SSSR count). The number of rotatable bonds is 6. The topological polar surface area (TPSA) is 58.6 Å². The van der Waals surface area contributed by atoms with Crippen LogP contribution in [0.25, 0.3) is 0 Å². The van der Waals surface area contributed by atoms with Crippen LogP contribution in [0, 0.1) is 0 Å². The highest BCUT2D eigenvalue weighted by molar-refractivity contribution is 9.09.